The van der Waals surface area contributed by atoms with Crippen LogP contribution in [0.4, 0.5) is 0 Å². The first-order valence-electron chi connectivity index (χ1n) is 12.2. The molecule has 3 aliphatic carbocycles. The zero-order valence-corrected chi connectivity index (χ0v) is 18.4. The second-order valence-electron chi connectivity index (χ2n) is 10.7. The van der Waals surface area contributed by atoms with Gasteiger partial charge in [-0.15, -0.1) is 0 Å². The molecule has 0 radical (unpaired) electrons. The van der Waals surface area contributed by atoms with Crippen molar-refractivity contribution in [1.29, 1.82) is 0 Å². The molecule has 1 aliphatic heterocycles. The van der Waals surface area contributed by atoms with Crippen LogP contribution in [-0.2, 0) is 16.0 Å². The summed E-state index contributed by atoms with van der Waals surface area (Å²) in [4.78, 5) is 12.8. The fourth-order valence-corrected chi connectivity index (χ4v) is 7.18. The van der Waals surface area contributed by atoms with E-state index >= 15 is 0 Å². The lowest BCUT2D eigenvalue weighted by Gasteiger charge is -2.50. The number of esters is 1. The van der Waals surface area contributed by atoms with E-state index in [1.165, 1.54) is 44.1 Å². The highest BCUT2D eigenvalue weighted by molar-refractivity contribution is 5.75. The van der Waals surface area contributed by atoms with Crippen molar-refractivity contribution in [1.82, 2.24) is 5.32 Å². The largest absolute Gasteiger partial charge is 0.469 e. The van der Waals surface area contributed by atoms with Gasteiger partial charge in [-0.1, -0.05) is 31.9 Å². The van der Waals surface area contributed by atoms with Crippen molar-refractivity contribution >= 4 is 5.97 Å². The predicted molar refractivity (Wildman–Crippen MR) is 117 cm³/mol. The third kappa shape index (κ3) is 3.77. The highest BCUT2D eigenvalue weighted by Gasteiger charge is 2.55. The zero-order valence-electron chi connectivity index (χ0n) is 18.4. The number of carbonyl (C=O) groups is 1. The summed E-state index contributed by atoms with van der Waals surface area (Å²) in [6.45, 7) is 7.58. The van der Waals surface area contributed by atoms with Crippen LogP contribution in [0.15, 0.2) is 35.0 Å². The molecule has 0 bridgehead atoms. The Bertz CT molecular complexity index is 771. The van der Waals surface area contributed by atoms with E-state index in [-0.39, 0.29) is 23.4 Å². The lowest BCUT2D eigenvalue weighted by Crippen LogP contribution is -2.47. The van der Waals surface area contributed by atoms with Crippen molar-refractivity contribution < 1.29 is 13.9 Å². The van der Waals surface area contributed by atoms with Crippen LogP contribution in [0.25, 0.3) is 0 Å². The summed E-state index contributed by atoms with van der Waals surface area (Å²) in [6.07, 6.45) is 13.6. The van der Waals surface area contributed by atoms with Crippen LogP contribution >= 0.6 is 0 Å². The quantitative estimate of drug-likeness (QED) is 0.529. The number of hydrogen-bond donors (Lipinski definition) is 1. The molecule has 0 aromatic carbocycles. The Morgan fingerprint density at radius 3 is 2.97 bits per heavy atom. The average Bonchev–Trinajstić information content (AvgIpc) is 3.33. The molecule has 30 heavy (non-hydrogen) atoms. The van der Waals surface area contributed by atoms with Gasteiger partial charge < -0.3 is 14.5 Å². The Morgan fingerprint density at radius 1 is 1.27 bits per heavy atom. The molecule has 164 valence electrons. The number of fused-ring (bicyclic) bond motifs is 2. The Balaban J connectivity index is 1.24. The highest BCUT2D eigenvalue weighted by atomic mass is 16.6. The molecule has 4 fully saturated rings. The molecular weight excluding hydrogens is 374 g/mol. The minimum Gasteiger partial charge on any atom is -0.469 e. The van der Waals surface area contributed by atoms with Crippen molar-refractivity contribution in [2.24, 2.45) is 29.1 Å². The number of furan rings is 1. The van der Waals surface area contributed by atoms with E-state index < -0.39 is 0 Å². The molecule has 2 heterocycles. The van der Waals surface area contributed by atoms with E-state index in [0.29, 0.717) is 23.8 Å². The highest BCUT2D eigenvalue weighted by Crippen LogP contribution is 2.56. The van der Waals surface area contributed by atoms with Crippen molar-refractivity contribution in [2.75, 3.05) is 6.54 Å². The van der Waals surface area contributed by atoms with E-state index in [2.05, 4.69) is 24.9 Å². The maximum absolute atomic E-state index is 12.8. The zero-order chi connectivity index (χ0) is 20.7. The maximum atomic E-state index is 12.8. The van der Waals surface area contributed by atoms with Crippen LogP contribution in [0.5, 0.6) is 0 Å². The Labute approximate surface area is 180 Å². The maximum Gasteiger partial charge on any atom is 0.310 e. The number of nitrogens with one attached hydrogen (secondary N) is 1. The Hall–Kier alpha value is -1.55. The van der Waals surface area contributed by atoms with Gasteiger partial charge in [-0.05, 0) is 74.3 Å². The molecule has 0 unspecified atom stereocenters. The van der Waals surface area contributed by atoms with Crippen LogP contribution in [0.2, 0.25) is 0 Å². The van der Waals surface area contributed by atoms with Crippen LogP contribution in [0.1, 0.15) is 70.5 Å². The number of rotatable bonds is 5. The number of allylic oxidation sites excluding steroid dienone is 1. The minimum absolute atomic E-state index is 0.000431. The molecule has 4 aliphatic rings. The molecule has 0 amide bonds. The second kappa shape index (κ2) is 8.18. The molecular formula is C26H37NO3. The average molecular weight is 412 g/mol. The molecule has 7 atom stereocenters. The van der Waals surface area contributed by atoms with Crippen LogP contribution in [0.3, 0.4) is 0 Å². The van der Waals surface area contributed by atoms with Crippen molar-refractivity contribution in [3.8, 4) is 0 Å². The Morgan fingerprint density at radius 2 is 2.13 bits per heavy atom. The first-order valence-corrected chi connectivity index (χ1v) is 12.2. The molecule has 1 saturated heterocycles. The third-order valence-electron chi connectivity index (χ3n) is 8.87. The molecule has 4 nitrogen and oxygen atoms in total. The van der Waals surface area contributed by atoms with E-state index in [0.717, 1.165) is 38.0 Å². The monoisotopic (exact) mass is 411 g/mol. The van der Waals surface area contributed by atoms with Gasteiger partial charge in [0.25, 0.3) is 0 Å². The topological polar surface area (TPSA) is 51.5 Å². The third-order valence-corrected chi connectivity index (χ3v) is 8.87. The van der Waals surface area contributed by atoms with E-state index in [1.807, 2.05) is 6.07 Å². The lowest BCUT2D eigenvalue weighted by atomic mass is 9.55. The van der Waals surface area contributed by atoms with Crippen molar-refractivity contribution in [3.05, 3.63) is 36.3 Å². The Kier molecular flexibility index (Phi) is 5.55. The number of carbonyl (C=O) groups excluding carboxylic acids is 1. The first kappa shape index (κ1) is 20.4. The summed E-state index contributed by atoms with van der Waals surface area (Å²) in [6, 6.07) is 4.53. The van der Waals surface area contributed by atoms with E-state index in [1.54, 1.807) is 6.26 Å². The number of ether oxygens (including phenoxy) is 1. The summed E-state index contributed by atoms with van der Waals surface area (Å²) < 4.78 is 11.6. The van der Waals surface area contributed by atoms with Gasteiger partial charge in [0.1, 0.15) is 11.9 Å². The first-order chi connectivity index (χ1) is 14.5. The summed E-state index contributed by atoms with van der Waals surface area (Å²) >= 11 is 0. The molecule has 1 N–H and O–H groups in total. The molecule has 5 rings (SSSR count). The van der Waals surface area contributed by atoms with Gasteiger partial charge in [-0.2, -0.15) is 0 Å². The molecule has 3 saturated carbocycles. The van der Waals surface area contributed by atoms with Crippen LogP contribution in [0, 0.1) is 29.1 Å². The van der Waals surface area contributed by atoms with Gasteiger partial charge in [-0.3, -0.25) is 4.79 Å². The van der Waals surface area contributed by atoms with Gasteiger partial charge >= 0.3 is 5.97 Å². The van der Waals surface area contributed by atoms with Gasteiger partial charge in [0.15, 0.2) is 0 Å². The van der Waals surface area contributed by atoms with Crippen LogP contribution < -0.4 is 5.32 Å². The lowest BCUT2D eigenvalue weighted by molar-refractivity contribution is -0.146. The van der Waals surface area contributed by atoms with E-state index in [4.69, 9.17) is 9.15 Å². The summed E-state index contributed by atoms with van der Waals surface area (Å²) in [5, 5.41) is 3.82. The second-order valence-corrected chi connectivity index (χ2v) is 10.7. The summed E-state index contributed by atoms with van der Waals surface area (Å²) in [5.74, 6) is 2.61. The predicted octanol–water partition coefficient (Wildman–Crippen LogP) is 5.28. The molecule has 1 aromatic heterocycles. The minimum atomic E-state index is 0.000431. The van der Waals surface area contributed by atoms with Crippen molar-refractivity contribution in [3.63, 3.8) is 0 Å². The van der Waals surface area contributed by atoms with Gasteiger partial charge in [-0.25, -0.2) is 0 Å². The van der Waals surface area contributed by atoms with Crippen LogP contribution in [-0.4, -0.2) is 24.7 Å². The molecule has 1 aromatic rings. The number of hydrogen-bond acceptors (Lipinski definition) is 4. The fraction of sp³-hybridized carbons (Fsp3) is 0.731. The smallest absolute Gasteiger partial charge is 0.310 e. The molecule has 4 heteroatoms. The van der Waals surface area contributed by atoms with E-state index in [9.17, 15) is 4.79 Å². The standard InChI is InChI=1S/C26H37NO3/c1-17-7-5-11-26(2)15-24-20(14-22(17)26)21(25(28)30-24)16-27-23-10-4-3-8-18(23)13-19-9-6-12-29-19/h6,9,12,18,20-24,27H,1,3-5,7-8,10-11,13-16H2,2H3/t18-,20+,21-,22+,23+,24-,26-/m1/s1. The van der Waals surface area contributed by atoms with Crippen molar-refractivity contribution in [2.45, 2.75) is 83.3 Å². The molecule has 0 spiro atoms. The van der Waals surface area contributed by atoms with Gasteiger partial charge in [0.2, 0.25) is 0 Å². The summed E-state index contributed by atoms with van der Waals surface area (Å²) in [7, 11) is 0. The SMILES string of the molecule is C=C1CCC[C@]2(C)C[C@H]3OC(=O)[C@H](CN[C@H]4CCCC[C@@H]4Cc4ccco4)[C@@H]3C[C@@H]12. The summed E-state index contributed by atoms with van der Waals surface area (Å²) in [5.41, 5.74) is 1.69. The fourth-order valence-electron chi connectivity index (χ4n) is 7.18. The van der Waals surface area contributed by atoms with Gasteiger partial charge in [0, 0.05) is 24.9 Å². The normalized spacial score (nSPS) is 41.2. The van der Waals surface area contributed by atoms with Gasteiger partial charge in [0.05, 0.1) is 12.2 Å².